The van der Waals surface area contributed by atoms with E-state index in [9.17, 15) is 0 Å². The highest BCUT2D eigenvalue weighted by molar-refractivity contribution is 5.81. The maximum Gasteiger partial charge on any atom is 0.0705 e. The molecule has 106 valence electrons. The largest absolute Gasteiger partial charge is 0.309 e. The van der Waals surface area contributed by atoms with E-state index in [4.69, 9.17) is 0 Å². The van der Waals surface area contributed by atoms with Crippen molar-refractivity contribution >= 4 is 10.9 Å². The monoisotopic (exact) mass is 269 g/mol. The molecule has 20 heavy (non-hydrogen) atoms. The first-order valence-electron chi connectivity index (χ1n) is 7.61. The zero-order valence-electron chi connectivity index (χ0n) is 12.2. The van der Waals surface area contributed by atoms with Gasteiger partial charge in [-0.2, -0.15) is 0 Å². The van der Waals surface area contributed by atoms with Gasteiger partial charge in [0.05, 0.1) is 5.52 Å². The van der Waals surface area contributed by atoms with Crippen LogP contribution in [-0.2, 0) is 6.54 Å². The number of nitrogens with one attached hydrogen (secondary N) is 1. The standard InChI is InChI=1S/C17H23N3/c1-14(13-20-10-2-3-11-20)19-12-15-6-4-8-17-16(15)7-5-9-18-17/h4-9,14,19H,2-3,10-13H2,1H3. The Kier molecular flexibility index (Phi) is 4.28. The van der Waals surface area contributed by atoms with Crippen molar-refractivity contribution in [2.75, 3.05) is 19.6 Å². The van der Waals surface area contributed by atoms with Crippen molar-refractivity contribution < 1.29 is 0 Å². The number of hydrogen-bond acceptors (Lipinski definition) is 3. The molecule has 0 spiro atoms. The predicted octanol–water partition coefficient (Wildman–Crippen LogP) is 2.81. The first-order chi connectivity index (χ1) is 9.83. The Balaban J connectivity index is 1.61. The SMILES string of the molecule is CC(CN1CCCC1)NCc1cccc2ncccc12. The zero-order chi connectivity index (χ0) is 13.8. The molecule has 2 heterocycles. The third-order valence-electron chi connectivity index (χ3n) is 4.11. The van der Waals surface area contributed by atoms with Gasteiger partial charge in [0.1, 0.15) is 0 Å². The molecule has 3 nitrogen and oxygen atoms in total. The van der Waals surface area contributed by atoms with Crippen molar-refractivity contribution in [3.63, 3.8) is 0 Å². The second-order valence-corrected chi connectivity index (χ2v) is 5.78. The summed E-state index contributed by atoms with van der Waals surface area (Å²) >= 11 is 0. The first-order valence-corrected chi connectivity index (χ1v) is 7.61. The van der Waals surface area contributed by atoms with Gasteiger partial charge >= 0.3 is 0 Å². The van der Waals surface area contributed by atoms with Gasteiger partial charge in [0.2, 0.25) is 0 Å². The molecule has 1 saturated heterocycles. The van der Waals surface area contributed by atoms with Gasteiger partial charge in [-0.25, -0.2) is 0 Å². The van der Waals surface area contributed by atoms with E-state index in [1.807, 2.05) is 12.3 Å². The normalized spacial score (nSPS) is 17.6. The Bertz CT molecular complexity index is 556. The second kappa shape index (κ2) is 6.33. The lowest BCUT2D eigenvalue weighted by atomic mass is 10.1. The molecule has 1 aliphatic heterocycles. The van der Waals surface area contributed by atoms with Gasteiger partial charge in [-0.15, -0.1) is 0 Å². The molecule has 3 heteroatoms. The maximum absolute atomic E-state index is 4.42. The fraction of sp³-hybridized carbons (Fsp3) is 0.471. The molecule has 1 fully saturated rings. The summed E-state index contributed by atoms with van der Waals surface area (Å²) in [5.74, 6) is 0. The van der Waals surface area contributed by atoms with Crippen LogP contribution in [-0.4, -0.2) is 35.6 Å². The summed E-state index contributed by atoms with van der Waals surface area (Å²) in [6, 6.07) is 11.1. The van der Waals surface area contributed by atoms with Crippen LogP contribution in [0.2, 0.25) is 0 Å². The summed E-state index contributed by atoms with van der Waals surface area (Å²) < 4.78 is 0. The summed E-state index contributed by atoms with van der Waals surface area (Å²) in [7, 11) is 0. The Morgan fingerprint density at radius 2 is 2.05 bits per heavy atom. The fourth-order valence-electron chi connectivity index (χ4n) is 3.02. The van der Waals surface area contributed by atoms with E-state index in [-0.39, 0.29) is 0 Å². The van der Waals surface area contributed by atoms with Crippen LogP contribution in [0.15, 0.2) is 36.5 Å². The van der Waals surface area contributed by atoms with Crippen molar-refractivity contribution in [1.82, 2.24) is 15.2 Å². The number of hydrogen-bond donors (Lipinski definition) is 1. The average molecular weight is 269 g/mol. The van der Waals surface area contributed by atoms with Crippen molar-refractivity contribution in [3.05, 3.63) is 42.1 Å². The molecule has 1 aromatic carbocycles. The van der Waals surface area contributed by atoms with Crippen molar-refractivity contribution in [3.8, 4) is 0 Å². The summed E-state index contributed by atoms with van der Waals surface area (Å²) in [6.07, 6.45) is 4.58. The quantitative estimate of drug-likeness (QED) is 0.904. The fourth-order valence-corrected chi connectivity index (χ4v) is 3.02. The van der Waals surface area contributed by atoms with Crippen molar-refractivity contribution in [2.24, 2.45) is 0 Å². The molecule has 1 N–H and O–H groups in total. The van der Waals surface area contributed by atoms with Crippen LogP contribution in [0.3, 0.4) is 0 Å². The van der Waals surface area contributed by atoms with Gasteiger partial charge in [-0.3, -0.25) is 4.98 Å². The molecule has 1 unspecified atom stereocenters. The lowest BCUT2D eigenvalue weighted by molar-refractivity contribution is 0.298. The number of benzene rings is 1. The minimum absolute atomic E-state index is 0.528. The Hall–Kier alpha value is -1.45. The zero-order valence-corrected chi connectivity index (χ0v) is 12.2. The Morgan fingerprint density at radius 1 is 1.20 bits per heavy atom. The summed E-state index contributed by atoms with van der Waals surface area (Å²) in [4.78, 5) is 6.97. The van der Waals surface area contributed by atoms with E-state index >= 15 is 0 Å². The van der Waals surface area contributed by atoms with E-state index in [1.54, 1.807) is 0 Å². The highest BCUT2D eigenvalue weighted by atomic mass is 15.2. The minimum atomic E-state index is 0.528. The second-order valence-electron chi connectivity index (χ2n) is 5.78. The van der Waals surface area contributed by atoms with Crippen LogP contribution in [0.5, 0.6) is 0 Å². The van der Waals surface area contributed by atoms with Crippen LogP contribution >= 0.6 is 0 Å². The third-order valence-corrected chi connectivity index (χ3v) is 4.11. The Morgan fingerprint density at radius 3 is 2.90 bits per heavy atom. The van der Waals surface area contributed by atoms with Crippen LogP contribution in [0.4, 0.5) is 0 Å². The molecule has 0 radical (unpaired) electrons. The average Bonchev–Trinajstić information content (AvgIpc) is 2.98. The molecular formula is C17H23N3. The van der Waals surface area contributed by atoms with Crippen LogP contribution in [0, 0.1) is 0 Å². The lowest BCUT2D eigenvalue weighted by Crippen LogP contribution is -2.37. The predicted molar refractivity (Wildman–Crippen MR) is 83.7 cm³/mol. The highest BCUT2D eigenvalue weighted by Gasteiger charge is 2.14. The number of fused-ring (bicyclic) bond motifs is 1. The number of aromatic nitrogens is 1. The highest BCUT2D eigenvalue weighted by Crippen LogP contribution is 2.16. The van der Waals surface area contributed by atoms with Gasteiger partial charge in [-0.1, -0.05) is 18.2 Å². The molecule has 0 amide bonds. The summed E-state index contributed by atoms with van der Waals surface area (Å²) in [5, 5.41) is 4.91. The van der Waals surface area contributed by atoms with Crippen molar-refractivity contribution in [1.29, 1.82) is 0 Å². The van der Waals surface area contributed by atoms with Crippen LogP contribution < -0.4 is 5.32 Å². The van der Waals surface area contributed by atoms with Gasteiger partial charge in [0.15, 0.2) is 0 Å². The molecule has 3 rings (SSSR count). The molecule has 1 atom stereocenters. The van der Waals surface area contributed by atoms with Crippen LogP contribution in [0.25, 0.3) is 10.9 Å². The summed E-state index contributed by atoms with van der Waals surface area (Å²) in [5.41, 5.74) is 2.42. The lowest BCUT2D eigenvalue weighted by Gasteiger charge is -2.21. The van der Waals surface area contributed by atoms with E-state index in [2.05, 4.69) is 46.4 Å². The minimum Gasteiger partial charge on any atom is -0.309 e. The smallest absolute Gasteiger partial charge is 0.0705 e. The molecular weight excluding hydrogens is 246 g/mol. The molecule has 2 aromatic rings. The van der Waals surface area contributed by atoms with E-state index < -0.39 is 0 Å². The number of pyridine rings is 1. The topological polar surface area (TPSA) is 28.2 Å². The number of likely N-dealkylation sites (tertiary alicyclic amines) is 1. The van der Waals surface area contributed by atoms with E-state index in [1.165, 1.54) is 36.9 Å². The number of nitrogens with zero attached hydrogens (tertiary/aromatic N) is 2. The molecule has 0 bridgehead atoms. The van der Waals surface area contributed by atoms with E-state index in [0.29, 0.717) is 6.04 Å². The van der Waals surface area contributed by atoms with Gasteiger partial charge < -0.3 is 10.2 Å². The first kappa shape index (κ1) is 13.5. The van der Waals surface area contributed by atoms with E-state index in [0.717, 1.165) is 18.6 Å². The molecule has 0 saturated carbocycles. The van der Waals surface area contributed by atoms with Crippen molar-refractivity contribution in [2.45, 2.75) is 32.4 Å². The third kappa shape index (κ3) is 3.17. The molecule has 0 aliphatic carbocycles. The van der Waals surface area contributed by atoms with Gasteiger partial charge in [0.25, 0.3) is 0 Å². The van der Waals surface area contributed by atoms with Gasteiger partial charge in [-0.05, 0) is 50.6 Å². The molecule has 1 aromatic heterocycles. The van der Waals surface area contributed by atoms with Gasteiger partial charge in [0, 0.05) is 30.7 Å². The Labute approximate surface area is 121 Å². The summed E-state index contributed by atoms with van der Waals surface area (Å²) in [6.45, 7) is 6.89. The molecule has 1 aliphatic rings. The maximum atomic E-state index is 4.42. The number of rotatable bonds is 5. The van der Waals surface area contributed by atoms with Crippen LogP contribution in [0.1, 0.15) is 25.3 Å².